The number of halogens is 3. The van der Waals surface area contributed by atoms with Crippen molar-refractivity contribution in [1.29, 1.82) is 0 Å². The molecular formula is C16H11F3N2O4S. The van der Waals surface area contributed by atoms with E-state index in [-0.39, 0.29) is 15.9 Å². The number of nitrogens with zero attached hydrogens (tertiary/aromatic N) is 2. The average molecular weight is 384 g/mol. The third-order valence-electron chi connectivity index (χ3n) is 3.87. The first-order valence-corrected chi connectivity index (χ1v) is 8.91. The van der Waals surface area contributed by atoms with Crippen LogP contribution in [0.2, 0.25) is 0 Å². The molecule has 1 aromatic carbocycles. The van der Waals surface area contributed by atoms with Crippen LogP contribution in [0.5, 0.6) is 11.5 Å². The Kier molecular flexibility index (Phi) is 3.62. The van der Waals surface area contributed by atoms with Gasteiger partial charge in [-0.2, -0.15) is 13.2 Å². The van der Waals surface area contributed by atoms with E-state index in [9.17, 15) is 21.6 Å². The minimum atomic E-state index is -4.61. The van der Waals surface area contributed by atoms with Gasteiger partial charge in [-0.15, -0.1) is 0 Å². The van der Waals surface area contributed by atoms with Crippen molar-refractivity contribution in [3.05, 3.63) is 48.3 Å². The largest absolute Gasteiger partial charge is 0.486 e. The molecule has 0 amide bonds. The number of alkyl halides is 3. The van der Waals surface area contributed by atoms with Crippen molar-refractivity contribution in [2.75, 3.05) is 13.2 Å². The van der Waals surface area contributed by atoms with Crippen LogP contribution in [0.3, 0.4) is 0 Å². The molecule has 3 aromatic rings. The summed E-state index contributed by atoms with van der Waals surface area (Å²) in [7, 11) is -4.04. The number of rotatable bonds is 2. The first-order valence-electron chi connectivity index (χ1n) is 7.47. The molecule has 136 valence electrons. The third kappa shape index (κ3) is 2.66. The molecule has 0 unspecified atom stereocenters. The lowest BCUT2D eigenvalue weighted by Crippen LogP contribution is -2.17. The minimum Gasteiger partial charge on any atom is -0.486 e. The standard InChI is InChI=1S/C16H11F3N2O4S/c17-16(18,19)15-4-2-12-11(20-15)5-6-21(12)26(22,23)10-1-3-13-14(9-10)25-8-7-24-13/h1-6,9H,7-8H2. The van der Waals surface area contributed by atoms with Gasteiger partial charge >= 0.3 is 6.18 Å². The van der Waals surface area contributed by atoms with Crippen molar-refractivity contribution in [3.63, 3.8) is 0 Å². The van der Waals surface area contributed by atoms with E-state index >= 15 is 0 Å². The summed E-state index contributed by atoms with van der Waals surface area (Å²) in [6.45, 7) is 0.668. The van der Waals surface area contributed by atoms with Gasteiger partial charge in [0.2, 0.25) is 0 Å². The normalized spacial score (nSPS) is 14.6. The van der Waals surface area contributed by atoms with E-state index in [0.29, 0.717) is 24.7 Å². The number of hydrogen-bond acceptors (Lipinski definition) is 5. The Hall–Kier alpha value is -2.75. The molecule has 0 saturated carbocycles. The Labute approximate surface area is 145 Å². The molecule has 1 aliphatic heterocycles. The lowest BCUT2D eigenvalue weighted by Gasteiger charge is -2.19. The smallest absolute Gasteiger partial charge is 0.433 e. The number of aromatic nitrogens is 2. The predicted octanol–water partition coefficient (Wildman–Crippen LogP) is 3.06. The van der Waals surface area contributed by atoms with Crippen LogP contribution in [0, 0.1) is 0 Å². The van der Waals surface area contributed by atoms with Crippen LogP contribution in [-0.2, 0) is 16.2 Å². The fourth-order valence-electron chi connectivity index (χ4n) is 2.66. The molecule has 0 saturated heterocycles. The van der Waals surface area contributed by atoms with E-state index in [1.165, 1.54) is 30.5 Å². The molecule has 0 spiro atoms. The highest BCUT2D eigenvalue weighted by molar-refractivity contribution is 7.90. The summed E-state index contributed by atoms with van der Waals surface area (Å²) in [4.78, 5) is 3.42. The monoisotopic (exact) mass is 384 g/mol. The minimum absolute atomic E-state index is 0.0490. The number of ether oxygens (including phenoxy) is 2. The molecule has 0 bridgehead atoms. The van der Waals surface area contributed by atoms with Crippen LogP contribution in [-0.4, -0.2) is 30.6 Å². The summed E-state index contributed by atoms with van der Waals surface area (Å²) < 4.78 is 75.7. The van der Waals surface area contributed by atoms with Crippen LogP contribution >= 0.6 is 0 Å². The van der Waals surface area contributed by atoms with Crippen molar-refractivity contribution < 1.29 is 31.1 Å². The Balaban J connectivity index is 1.81. The van der Waals surface area contributed by atoms with Gasteiger partial charge in [0.15, 0.2) is 11.5 Å². The molecule has 0 atom stereocenters. The maximum atomic E-state index is 12.9. The Morgan fingerprint density at radius 3 is 2.46 bits per heavy atom. The van der Waals surface area contributed by atoms with E-state index in [4.69, 9.17) is 9.47 Å². The predicted molar refractivity (Wildman–Crippen MR) is 84.8 cm³/mol. The van der Waals surface area contributed by atoms with Crippen LogP contribution < -0.4 is 9.47 Å². The summed E-state index contributed by atoms with van der Waals surface area (Å²) in [5.74, 6) is 0.732. The highest BCUT2D eigenvalue weighted by Crippen LogP contribution is 2.34. The second kappa shape index (κ2) is 5.63. The zero-order chi connectivity index (χ0) is 18.5. The van der Waals surface area contributed by atoms with Crippen LogP contribution in [0.15, 0.2) is 47.5 Å². The number of benzene rings is 1. The molecule has 6 nitrogen and oxygen atoms in total. The Morgan fingerprint density at radius 1 is 1.00 bits per heavy atom. The van der Waals surface area contributed by atoms with Crippen molar-refractivity contribution in [1.82, 2.24) is 8.96 Å². The fourth-order valence-corrected chi connectivity index (χ4v) is 4.02. The lowest BCUT2D eigenvalue weighted by molar-refractivity contribution is -0.140. The molecule has 26 heavy (non-hydrogen) atoms. The van der Waals surface area contributed by atoms with Crippen molar-refractivity contribution in [2.24, 2.45) is 0 Å². The fraction of sp³-hybridized carbons (Fsp3) is 0.188. The number of fused-ring (bicyclic) bond motifs is 2. The van der Waals surface area contributed by atoms with Crippen molar-refractivity contribution in [3.8, 4) is 11.5 Å². The average Bonchev–Trinajstić information content (AvgIpc) is 3.04. The van der Waals surface area contributed by atoms with Gasteiger partial charge in [0, 0.05) is 12.3 Å². The molecule has 0 aliphatic carbocycles. The summed E-state index contributed by atoms with van der Waals surface area (Å²) in [6, 6.07) is 7.21. The summed E-state index contributed by atoms with van der Waals surface area (Å²) in [5.41, 5.74) is -1.10. The number of pyridine rings is 1. The number of hydrogen-bond donors (Lipinski definition) is 0. The van der Waals surface area contributed by atoms with Gasteiger partial charge in [0.25, 0.3) is 10.0 Å². The molecule has 3 heterocycles. The van der Waals surface area contributed by atoms with Gasteiger partial charge in [0.05, 0.1) is 15.9 Å². The summed E-state index contributed by atoms with van der Waals surface area (Å²) >= 11 is 0. The maximum Gasteiger partial charge on any atom is 0.433 e. The summed E-state index contributed by atoms with van der Waals surface area (Å²) in [6.07, 6.45) is -3.44. The quantitative estimate of drug-likeness (QED) is 0.679. The van der Waals surface area contributed by atoms with Crippen LogP contribution in [0.1, 0.15) is 5.69 Å². The van der Waals surface area contributed by atoms with Crippen LogP contribution in [0.25, 0.3) is 11.0 Å². The first-order chi connectivity index (χ1) is 12.3. The highest BCUT2D eigenvalue weighted by Gasteiger charge is 2.33. The van der Waals surface area contributed by atoms with E-state index < -0.39 is 21.9 Å². The van der Waals surface area contributed by atoms with Gasteiger partial charge in [-0.1, -0.05) is 0 Å². The third-order valence-corrected chi connectivity index (χ3v) is 5.55. The van der Waals surface area contributed by atoms with Gasteiger partial charge in [-0.05, 0) is 30.3 Å². The Morgan fingerprint density at radius 2 is 1.73 bits per heavy atom. The highest BCUT2D eigenvalue weighted by atomic mass is 32.2. The topological polar surface area (TPSA) is 70.4 Å². The van der Waals surface area contributed by atoms with Crippen LogP contribution in [0.4, 0.5) is 13.2 Å². The van der Waals surface area contributed by atoms with Gasteiger partial charge < -0.3 is 9.47 Å². The van der Waals surface area contributed by atoms with Gasteiger partial charge in [-0.25, -0.2) is 17.4 Å². The zero-order valence-corrected chi connectivity index (χ0v) is 13.8. The SMILES string of the molecule is O=S(=O)(c1ccc2c(c1)OCCO2)n1ccc2nc(C(F)(F)F)ccc21. The lowest BCUT2D eigenvalue weighted by atomic mass is 10.3. The molecule has 0 radical (unpaired) electrons. The zero-order valence-electron chi connectivity index (χ0n) is 13.0. The van der Waals surface area contributed by atoms with E-state index in [1.54, 1.807) is 0 Å². The summed E-state index contributed by atoms with van der Waals surface area (Å²) in [5, 5.41) is 0. The molecular weight excluding hydrogens is 373 g/mol. The molecule has 1 aliphatic rings. The molecule has 0 fully saturated rings. The molecule has 0 N–H and O–H groups in total. The maximum absolute atomic E-state index is 12.9. The van der Waals surface area contributed by atoms with E-state index in [0.717, 1.165) is 16.1 Å². The molecule has 4 rings (SSSR count). The second-order valence-electron chi connectivity index (χ2n) is 5.52. The van der Waals surface area contributed by atoms with Gasteiger partial charge in [0.1, 0.15) is 18.9 Å². The molecule has 10 heteroatoms. The molecule has 2 aromatic heterocycles. The van der Waals surface area contributed by atoms with Crippen molar-refractivity contribution >= 4 is 21.1 Å². The van der Waals surface area contributed by atoms with Gasteiger partial charge in [-0.3, -0.25) is 0 Å². The van der Waals surface area contributed by atoms with E-state index in [1.807, 2.05) is 0 Å². The van der Waals surface area contributed by atoms with Crippen molar-refractivity contribution in [2.45, 2.75) is 11.1 Å². The second-order valence-corrected chi connectivity index (χ2v) is 7.34. The van der Waals surface area contributed by atoms with E-state index in [2.05, 4.69) is 4.98 Å². The first kappa shape index (κ1) is 16.7. The Bertz CT molecular complexity index is 1110.